The number of hydrogen-bond donors (Lipinski definition) is 3. The van der Waals surface area contributed by atoms with Crippen molar-refractivity contribution in [3.05, 3.63) is 24.3 Å². The highest BCUT2D eigenvalue weighted by atomic mass is 16.1. The summed E-state index contributed by atoms with van der Waals surface area (Å²) in [5.41, 5.74) is 7.35. The molecule has 4 heteroatoms. The van der Waals surface area contributed by atoms with E-state index in [4.69, 9.17) is 5.73 Å². The van der Waals surface area contributed by atoms with Crippen LogP contribution in [0.2, 0.25) is 0 Å². The number of anilines is 2. The van der Waals surface area contributed by atoms with Crippen LogP contribution in [0.25, 0.3) is 0 Å². The van der Waals surface area contributed by atoms with Crippen LogP contribution in [0.5, 0.6) is 0 Å². The van der Waals surface area contributed by atoms with Gasteiger partial charge in [-0.15, -0.1) is 0 Å². The number of hydrogen-bond acceptors (Lipinski definition) is 3. The summed E-state index contributed by atoms with van der Waals surface area (Å²) in [7, 11) is 0. The Bertz CT molecular complexity index is 373. The van der Waals surface area contributed by atoms with Crippen molar-refractivity contribution in [3.8, 4) is 0 Å². The second kappa shape index (κ2) is 8.53. The lowest BCUT2D eigenvalue weighted by atomic mass is 10.1. The van der Waals surface area contributed by atoms with Crippen LogP contribution in [0.3, 0.4) is 0 Å². The van der Waals surface area contributed by atoms with Crippen molar-refractivity contribution in [2.75, 3.05) is 23.7 Å². The molecule has 0 atom stereocenters. The van der Waals surface area contributed by atoms with Crippen molar-refractivity contribution in [2.24, 2.45) is 11.7 Å². The summed E-state index contributed by atoms with van der Waals surface area (Å²) in [6.45, 7) is 5.74. The molecule has 0 unspecified atom stereocenters. The molecule has 0 spiro atoms. The third kappa shape index (κ3) is 6.82. The lowest BCUT2D eigenvalue weighted by Crippen LogP contribution is -2.13. The van der Waals surface area contributed by atoms with Gasteiger partial charge in [0.05, 0.1) is 0 Å². The van der Waals surface area contributed by atoms with Crippen LogP contribution in [-0.4, -0.2) is 19.0 Å². The van der Waals surface area contributed by atoms with Gasteiger partial charge in [-0.05, 0) is 49.6 Å². The molecular formula is C15H25N3O. The molecule has 4 nitrogen and oxygen atoms in total. The standard InChI is InChI=1S/C15H25N3O/c1-12(2)11-15(19)18-14-7-5-13(6-8-14)17-10-4-3-9-16/h5-8,12,17H,3-4,9-11,16H2,1-2H3,(H,18,19). The third-order valence-electron chi connectivity index (χ3n) is 2.72. The number of benzene rings is 1. The van der Waals surface area contributed by atoms with Crippen molar-refractivity contribution in [1.82, 2.24) is 0 Å². The first kappa shape index (κ1) is 15.5. The molecule has 0 bridgehead atoms. The van der Waals surface area contributed by atoms with Gasteiger partial charge in [0.15, 0.2) is 0 Å². The summed E-state index contributed by atoms with van der Waals surface area (Å²) in [6, 6.07) is 7.80. The molecule has 1 rings (SSSR count). The molecule has 0 aliphatic rings. The summed E-state index contributed by atoms with van der Waals surface area (Å²) >= 11 is 0. The topological polar surface area (TPSA) is 67.2 Å². The lowest BCUT2D eigenvalue weighted by molar-refractivity contribution is -0.116. The van der Waals surface area contributed by atoms with Gasteiger partial charge in [0, 0.05) is 24.3 Å². The third-order valence-corrected chi connectivity index (χ3v) is 2.72. The number of carbonyl (C=O) groups excluding carboxylic acids is 1. The van der Waals surface area contributed by atoms with Crippen LogP contribution in [0, 0.1) is 5.92 Å². The summed E-state index contributed by atoms with van der Waals surface area (Å²) in [4.78, 5) is 11.6. The largest absolute Gasteiger partial charge is 0.385 e. The van der Waals surface area contributed by atoms with E-state index in [1.165, 1.54) is 0 Å². The SMILES string of the molecule is CC(C)CC(=O)Nc1ccc(NCCCCN)cc1. The normalized spacial score (nSPS) is 10.5. The van der Waals surface area contributed by atoms with E-state index in [-0.39, 0.29) is 5.91 Å². The maximum atomic E-state index is 11.6. The lowest BCUT2D eigenvalue weighted by Gasteiger charge is -2.09. The zero-order valence-corrected chi connectivity index (χ0v) is 11.9. The minimum absolute atomic E-state index is 0.0682. The highest BCUT2D eigenvalue weighted by molar-refractivity contribution is 5.90. The van der Waals surface area contributed by atoms with Crippen molar-refractivity contribution >= 4 is 17.3 Å². The smallest absolute Gasteiger partial charge is 0.224 e. The van der Waals surface area contributed by atoms with Crippen molar-refractivity contribution in [2.45, 2.75) is 33.1 Å². The van der Waals surface area contributed by atoms with Crippen LogP contribution in [0.4, 0.5) is 11.4 Å². The molecule has 0 radical (unpaired) electrons. The van der Waals surface area contributed by atoms with Crippen LogP contribution < -0.4 is 16.4 Å². The van der Waals surface area contributed by atoms with Crippen LogP contribution >= 0.6 is 0 Å². The molecular weight excluding hydrogens is 238 g/mol. The van der Waals surface area contributed by atoms with Gasteiger partial charge in [-0.1, -0.05) is 13.8 Å². The van der Waals surface area contributed by atoms with E-state index < -0.39 is 0 Å². The number of nitrogens with two attached hydrogens (primary N) is 1. The van der Waals surface area contributed by atoms with Gasteiger partial charge < -0.3 is 16.4 Å². The fourth-order valence-corrected chi connectivity index (χ4v) is 1.76. The minimum Gasteiger partial charge on any atom is -0.385 e. The van der Waals surface area contributed by atoms with Crippen molar-refractivity contribution in [3.63, 3.8) is 0 Å². The fourth-order valence-electron chi connectivity index (χ4n) is 1.76. The Hall–Kier alpha value is -1.55. The van der Waals surface area contributed by atoms with E-state index in [0.29, 0.717) is 12.3 Å². The molecule has 1 aromatic rings. The first-order chi connectivity index (χ1) is 9.11. The predicted octanol–water partition coefficient (Wildman–Crippen LogP) is 2.82. The number of rotatable bonds is 8. The van der Waals surface area contributed by atoms with Gasteiger partial charge in [-0.3, -0.25) is 4.79 Å². The van der Waals surface area contributed by atoms with Crippen LogP contribution in [0.1, 0.15) is 33.1 Å². The fraction of sp³-hybridized carbons (Fsp3) is 0.533. The Balaban J connectivity index is 2.36. The maximum absolute atomic E-state index is 11.6. The number of amides is 1. The number of unbranched alkanes of at least 4 members (excludes halogenated alkanes) is 1. The predicted molar refractivity (Wildman–Crippen MR) is 81.3 cm³/mol. The first-order valence-electron chi connectivity index (χ1n) is 6.95. The van der Waals surface area contributed by atoms with E-state index in [1.807, 2.05) is 38.1 Å². The van der Waals surface area contributed by atoms with Gasteiger partial charge in [0.2, 0.25) is 5.91 Å². The molecule has 0 aliphatic carbocycles. The summed E-state index contributed by atoms with van der Waals surface area (Å²) < 4.78 is 0. The van der Waals surface area contributed by atoms with Gasteiger partial charge in [0.1, 0.15) is 0 Å². The molecule has 0 aromatic heterocycles. The van der Waals surface area contributed by atoms with Crippen LogP contribution in [0.15, 0.2) is 24.3 Å². The molecule has 0 saturated carbocycles. The maximum Gasteiger partial charge on any atom is 0.224 e. The molecule has 19 heavy (non-hydrogen) atoms. The Morgan fingerprint density at radius 3 is 2.37 bits per heavy atom. The second-order valence-corrected chi connectivity index (χ2v) is 5.15. The monoisotopic (exact) mass is 263 g/mol. The Morgan fingerprint density at radius 2 is 1.79 bits per heavy atom. The van der Waals surface area contributed by atoms with Gasteiger partial charge in [-0.25, -0.2) is 0 Å². The average molecular weight is 263 g/mol. The molecule has 106 valence electrons. The van der Waals surface area contributed by atoms with Gasteiger partial charge in [0.25, 0.3) is 0 Å². The molecule has 4 N–H and O–H groups in total. The van der Waals surface area contributed by atoms with E-state index >= 15 is 0 Å². The Morgan fingerprint density at radius 1 is 1.16 bits per heavy atom. The molecule has 0 saturated heterocycles. The Labute approximate surface area is 115 Å². The highest BCUT2D eigenvalue weighted by Crippen LogP contribution is 2.14. The summed E-state index contributed by atoms with van der Waals surface area (Å²) in [5.74, 6) is 0.446. The van der Waals surface area contributed by atoms with E-state index in [1.54, 1.807) is 0 Å². The average Bonchev–Trinajstić information content (AvgIpc) is 2.35. The highest BCUT2D eigenvalue weighted by Gasteiger charge is 2.04. The number of carbonyl (C=O) groups is 1. The van der Waals surface area contributed by atoms with E-state index in [2.05, 4.69) is 10.6 Å². The summed E-state index contributed by atoms with van der Waals surface area (Å²) in [6.07, 6.45) is 2.67. The van der Waals surface area contributed by atoms with Gasteiger partial charge >= 0.3 is 0 Å². The van der Waals surface area contributed by atoms with E-state index in [0.717, 1.165) is 37.3 Å². The van der Waals surface area contributed by atoms with Gasteiger partial charge in [-0.2, -0.15) is 0 Å². The first-order valence-corrected chi connectivity index (χ1v) is 6.95. The molecule has 1 aromatic carbocycles. The van der Waals surface area contributed by atoms with Crippen molar-refractivity contribution < 1.29 is 4.79 Å². The molecule has 0 aliphatic heterocycles. The molecule has 0 heterocycles. The Kier molecular flexibility index (Phi) is 6.97. The summed E-state index contributed by atoms with van der Waals surface area (Å²) in [5, 5.41) is 6.22. The second-order valence-electron chi connectivity index (χ2n) is 5.15. The van der Waals surface area contributed by atoms with Crippen molar-refractivity contribution in [1.29, 1.82) is 0 Å². The zero-order chi connectivity index (χ0) is 14.1. The van der Waals surface area contributed by atoms with E-state index in [9.17, 15) is 4.79 Å². The zero-order valence-electron chi connectivity index (χ0n) is 11.9. The van der Waals surface area contributed by atoms with Crippen LogP contribution in [-0.2, 0) is 4.79 Å². The molecule has 1 amide bonds. The minimum atomic E-state index is 0.0682. The number of nitrogens with one attached hydrogen (secondary N) is 2. The quantitative estimate of drug-likeness (QED) is 0.632. The molecule has 0 fully saturated rings.